The summed E-state index contributed by atoms with van der Waals surface area (Å²) >= 11 is 0. The van der Waals surface area contributed by atoms with Crippen LogP contribution in [0.1, 0.15) is 19.8 Å². The number of amides is 1. The quantitative estimate of drug-likeness (QED) is 0.777. The Balaban J connectivity index is 0.00000196. The van der Waals surface area contributed by atoms with Gasteiger partial charge in [-0.2, -0.15) is 0 Å². The Bertz CT molecular complexity index is 218. The number of nitrogens with one attached hydrogen (secondary N) is 2. The summed E-state index contributed by atoms with van der Waals surface area (Å²) in [4.78, 5) is 11.3. The summed E-state index contributed by atoms with van der Waals surface area (Å²) in [5.74, 6) is -3.36. The van der Waals surface area contributed by atoms with Crippen LogP contribution < -0.4 is 10.6 Å². The van der Waals surface area contributed by atoms with Crippen LogP contribution in [-0.4, -0.2) is 31.5 Å². The number of carbonyl (C=O) groups excluding carboxylic acids is 1. The molecule has 1 amide bonds. The van der Waals surface area contributed by atoms with Gasteiger partial charge in [-0.25, -0.2) is 8.78 Å². The van der Waals surface area contributed by atoms with Crippen LogP contribution in [0.2, 0.25) is 0 Å². The number of hydrogen-bond donors (Lipinski definition) is 2. The van der Waals surface area contributed by atoms with Crippen molar-refractivity contribution >= 4 is 18.3 Å². The van der Waals surface area contributed by atoms with Crippen molar-refractivity contribution < 1.29 is 13.6 Å². The van der Waals surface area contributed by atoms with Crippen LogP contribution in [0.25, 0.3) is 0 Å². The topological polar surface area (TPSA) is 41.1 Å². The molecule has 1 unspecified atom stereocenters. The fraction of sp³-hybridized carbons (Fsp3) is 0.889. The molecular formula is C9H17ClF2N2O. The molecule has 1 aliphatic carbocycles. The molecule has 0 saturated heterocycles. The van der Waals surface area contributed by atoms with Gasteiger partial charge in [-0.1, -0.05) is 0 Å². The highest BCUT2D eigenvalue weighted by atomic mass is 35.5. The molecule has 0 aromatic heterocycles. The van der Waals surface area contributed by atoms with E-state index in [1.54, 1.807) is 7.05 Å². The van der Waals surface area contributed by atoms with Crippen molar-refractivity contribution in [1.29, 1.82) is 0 Å². The molecule has 6 heteroatoms. The van der Waals surface area contributed by atoms with Gasteiger partial charge in [0.1, 0.15) is 0 Å². The number of halogens is 3. The van der Waals surface area contributed by atoms with Crippen LogP contribution in [-0.2, 0) is 4.79 Å². The van der Waals surface area contributed by atoms with Gasteiger partial charge < -0.3 is 10.6 Å². The molecule has 0 heterocycles. The van der Waals surface area contributed by atoms with Gasteiger partial charge in [0, 0.05) is 31.3 Å². The maximum atomic E-state index is 12.4. The fourth-order valence-corrected chi connectivity index (χ4v) is 1.35. The van der Waals surface area contributed by atoms with Gasteiger partial charge in [0.2, 0.25) is 11.8 Å². The summed E-state index contributed by atoms with van der Waals surface area (Å²) < 4.78 is 24.8. The second-order valence-electron chi connectivity index (χ2n) is 3.90. The van der Waals surface area contributed by atoms with Gasteiger partial charge in [0.05, 0.1) is 0 Å². The minimum Gasteiger partial charge on any atom is -0.354 e. The Morgan fingerprint density at radius 2 is 2.07 bits per heavy atom. The minimum atomic E-state index is -2.61. The van der Waals surface area contributed by atoms with Crippen LogP contribution in [0.5, 0.6) is 0 Å². The predicted octanol–water partition coefficient (Wildman–Crippen LogP) is 1.18. The molecule has 1 atom stereocenters. The Kier molecular flexibility index (Phi) is 5.45. The first kappa shape index (κ1) is 14.6. The standard InChI is InChI=1S/C9H16F2N2O.ClH/c1-6(12-2)5-13-8(14)7-3-9(10,11)4-7;/h6-7,12H,3-5H2,1-2H3,(H,13,14);1H. The largest absolute Gasteiger partial charge is 0.354 e. The van der Waals surface area contributed by atoms with Gasteiger partial charge in [0.25, 0.3) is 0 Å². The SMILES string of the molecule is CNC(C)CNC(=O)C1CC(F)(F)C1.Cl. The zero-order chi connectivity index (χ0) is 10.8. The molecule has 0 aromatic rings. The molecule has 1 rings (SSSR count). The molecule has 1 saturated carbocycles. The van der Waals surface area contributed by atoms with E-state index in [0.717, 1.165) is 0 Å². The minimum absolute atomic E-state index is 0. The molecule has 3 nitrogen and oxygen atoms in total. The lowest BCUT2D eigenvalue weighted by atomic mass is 9.81. The van der Waals surface area contributed by atoms with Crippen LogP contribution in [0.4, 0.5) is 8.78 Å². The second-order valence-corrected chi connectivity index (χ2v) is 3.90. The van der Waals surface area contributed by atoms with Crippen LogP contribution in [0.3, 0.4) is 0 Å². The van der Waals surface area contributed by atoms with E-state index >= 15 is 0 Å². The Morgan fingerprint density at radius 3 is 2.47 bits per heavy atom. The highest BCUT2D eigenvalue weighted by Gasteiger charge is 2.48. The van der Waals surface area contributed by atoms with Gasteiger partial charge in [0.15, 0.2) is 0 Å². The Morgan fingerprint density at radius 1 is 1.53 bits per heavy atom. The van der Waals surface area contributed by atoms with Gasteiger partial charge in [-0.05, 0) is 14.0 Å². The van der Waals surface area contributed by atoms with Gasteiger partial charge >= 0.3 is 0 Å². The molecule has 0 bridgehead atoms. The summed E-state index contributed by atoms with van der Waals surface area (Å²) in [6.45, 7) is 2.40. The zero-order valence-electron chi connectivity index (χ0n) is 8.85. The fourth-order valence-electron chi connectivity index (χ4n) is 1.35. The van der Waals surface area contributed by atoms with Crippen molar-refractivity contribution in [3.8, 4) is 0 Å². The lowest BCUT2D eigenvalue weighted by Gasteiger charge is -2.33. The summed E-state index contributed by atoms with van der Waals surface area (Å²) in [5, 5.41) is 5.59. The molecular weight excluding hydrogens is 226 g/mol. The number of rotatable bonds is 4. The lowest BCUT2D eigenvalue weighted by molar-refractivity contribution is -0.150. The summed E-state index contributed by atoms with van der Waals surface area (Å²) in [5.41, 5.74) is 0. The Hall–Kier alpha value is -0.420. The van der Waals surface area contributed by atoms with E-state index < -0.39 is 11.8 Å². The first-order valence-corrected chi connectivity index (χ1v) is 4.77. The lowest BCUT2D eigenvalue weighted by Crippen LogP contribution is -2.47. The molecule has 0 aromatic carbocycles. The third-order valence-electron chi connectivity index (χ3n) is 2.54. The second kappa shape index (κ2) is 5.61. The molecule has 1 fully saturated rings. The van der Waals surface area contributed by atoms with Crippen LogP contribution >= 0.6 is 12.4 Å². The summed E-state index contributed by atoms with van der Waals surface area (Å²) in [6.07, 6.45) is -0.598. The van der Waals surface area contributed by atoms with E-state index in [9.17, 15) is 13.6 Å². The molecule has 0 radical (unpaired) electrons. The first-order valence-electron chi connectivity index (χ1n) is 4.77. The van der Waals surface area contributed by atoms with Crippen molar-refractivity contribution in [1.82, 2.24) is 10.6 Å². The first-order chi connectivity index (χ1) is 6.44. The van der Waals surface area contributed by atoms with Crippen molar-refractivity contribution in [2.75, 3.05) is 13.6 Å². The maximum absolute atomic E-state index is 12.4. The zero-order valence-corrected chi connectivity index (χ0v) is 9.66. The van der Waals surface area contributed by atoms with Crippen LogP contribution in [0.15, 0.2) is 0 Å². The molecule has 90 valence electrons. The molecule has 0 aliphatic heterocycles. The highest BCUT2D eigenvalue weighted by molar-refractivity contribution is 5.85. The molecule has 0 spiro atoms. The summed E-state index contributed by atoms with van der Waals surface area (Å²) in [7, 11) is 1.79. The normalized spacial score (nSPS) is 21.1. The van der Waals surface area contributed by atoms with Crippen LogP contribution in [0, 0.1) is 5.92 Å². The van der Waals surface area contributed by atoms with Crippen molar-refractivity contribution in [2.45, 2.75) is 31.7 Å². The monoisotopic (exact) mass is 242 g/mol. The number of hydrogen-bond acceptors (Lipinski definition) is 2. The third-order valence-corrected chi connectivity index (χ3v) is 2.54. The predicted molar refractivity (Wildman–Crippen MR) is 56.5 cm³/mol. The molecule has 1 aliphatic rings. The van der Waals surface area contributed by atoms with E-state index in [1.165, 1.54) is 0 Å². The van der Waals surface area contributed by atoms with Crippen molar-refractivity contribution in [3.63, 3.8) is 0 Å². The summed E-state index contributed by atoms with van der Waals surface area (Å²) in [6, 6.07) is 0.166. The van der Waals surface area contributed by atoms with Crippen molar-refractivity contribution in [2.24, 2.45) is 5.92 Å². The number of likely N-dealkylation sites (N-methyl/N-ethyl adjacent to an activating group) is 1. The van der Waals surface area contributed by atoms with Gasteiger partial charge in [-0.3, -0.25) is 4.79 Å². The average molecular weight is 243 g/mol. The number of alkyl halides is 2. The van der Waals surface area contributed by atoms with Gasteiger partial charge in [-0.15, -0.1) is 12.4 Å². The average Bonchev–Trinajstić information content (AvgIpc) is 2.09. The molecule has 15 heavy (non-hydrogen) atoms. The highest BCUT2D eigenvalue weighted by Crippen LogP contribution is 2.42. The Labute approximate surface area is 94.4 Å². The van der Waals surface area contributed by atoms with E-state index in [-0.39, 0.29) is 37.2 Å². The van der Waals surface area contributed by atoms with E-state index in [4.69, 9.17) is 0 Å². The van der Waals surface area contributed by atoms with Crippen molar-refractivity contribution in [3.05, 3.63) is 0 Å². The smallest absolute Gasteiger partial charge is 0.249 e. The third kappa shape index (κ3) is 4.30. The maximum Gasteiger partial charge on any atom is 0.249 e. The van der Waals surface area contributed by atoms with E-state index in [0.29, 0.717) is 6.54 Å². The van der Waals surface area contributed by atoms with E-state index in [1.807, 2.05) is 6.92 Å². The molecule has 2 N–H and O–H groups in total. The van der Waals surface area contributed by atoms with E-state index in [2.05, 4.69) is 10.6 Å². The number of carbonyl (C=O) groups is 1.